The van der Waals surface area contributed by atoms with Crippen LogP contribution in [0.1, 0.15) is 18.9 Å². The lowest BCUT2D eigenvalue weighted by Crippen LogP contribution is -2.15. The van der Waals surface area contributed by atoms with Crippen LogP contribution in [0.15, 0.2) is 36.9 Å². The van der Waals surface area contributed by atoms with Gasteiger partial charge in [0, 0.05) is 0 Å². The fourth-order valence-corrected chi connectivity index (χ4v) is 1.78. The van der Waals surface area contributed by atoms with E-state index in [1.807, 2.05) is 24.3 Å². The molecular weight excluding hydrogens is 212 g/mol. The van der Waals surface area contributed by atoms with Crippen molar-refractivity contribution >= 4 is 6.08 Å². The minimum atomic E-state index is 0.515. The monoisotopic (exact) mass is 230 g/mol. The lowest BCUT2D eigenvalue weighted by atomic mass is 10.1. The first kappa shape index (κ1) is 11.8. The van der Waals surface area contributed by atoms with Gasteiger partial charge in [0.1, 0.15) is 13.2 Å². The van der Waals surface area contributed by atoms with Crippen LogP contribution in [0.3, 0.4) is 0 Å². The second-order valence-electron chi connectivity index (χ2n) is 4.26. The Morgan fingerprint density at radius 2 is 2.06 bits per heavy atom. The molecule has 1 atom stereocenters. The van der Waals surface area contributed by atoms with Gasteiger partial charge in [-0.3, -0.25) is 0 Å². The molecule has 17 heavy (non-hydrogen) atoms. The van der Waals surface area contributed by atoms with Gasteiger partial charge in [-0.15, -0.1) is 6.58 Å². The smallest absolute Gasteiger partial charge is 0.161 e. The van der Waals surface area contributed by atoms with E-state index < -0.39 is 0 Å². The maximum atomic E-state index is 5.54. The molecule has 1 aliphatic heterocycles. The summed E-state index contributed by atoms with van der Waals surface area (Å²) < 4.78 is 11.0. The minimum absolute atomic E-state index is 0.515. The fourth-order valence-electron chi connectivity index (χ4n) is 1.78. The Labute approximate surface area is 103 Å². The van der Waals surface area contributed by atoms with Crippen molar-refractivity contribution in [2.24, 2.45) is 5.92 Å². The lowest BCUT2D eigenvalue weighted by Gasteiger charge is -2.18. The van der Waals surface area contributed by atoms with Crippen molar-refractivity contribution in [2.75, 3.05) is 13.2 Å². The molecule has 0 radical (unpaired) electrons. The number of rotatable bonds is 4. The highest BCUT2D eigenvalue weighted by Gasteiger charge is 2.10. The Morgan fingerprint density at radius 3 is 2.82 bits per heavy atom. The third kappa shape index (κ3) is 3.13. The Morgan fingerprint density at radius 1 is 1.29 bits per heavy atom. The van der Waals surface area contributed by atoms with Crippen LogP contribution in [0.2, 0.25) is 0 Å². The summed E-state index contributed by atoms with van der Waals surface area (Å²) >= 11 is 0. The quantitative estimate of drug-likeness (QED) is 0.734. The van der Waals surface area contributed by atoms with Crippen LogP contribution < -0.4 is 9.47 Å². The van der Waals surface area contributed by atoms with Gasteiger partial charge in [-0.1, -0.05) is 31.2 Å². The van der Waals surface area contributed by atoms with Gasteiger partial charge in [-0.25, -0.2) is 0 Å². The van der Waals surface area contributed by atoms with Crippen LogP contribution in [0.25, 0.3) is 6.08 Å². The van der Waals surface area contributed by atoms with E-state index in [4.69, 9.17) is 9.47 Å². The molecule has 0 aliphatic carbocycles. The van der Waals surface area contributed by atoms with Gasteiger partial charge in [0.05, 0.1) is 0 Å². The maximum Gasteiger partial charge on any atom is 0.161 e. The third-order valence-corrected chi connectivity index (χ3v) is 2.72. The molecule has 2 heteroatoms. The van der Waals surface area contributed by atoms with Gasteiger partial charge >= 0.3 is 0 Å². The summed E-state index contributed by atoms with van der Waals surface area (Å²) in [6.07, 6.45) is 7.25. The Kier molecular flexibility index (Phi) is 3.86. The van der Waals surface area contributed by atoms with Crippen LogP contribution in [-0.2, 0) is 0 Å². The van der Waals surface area contributed by atoms with Gasteiger partial charge in [0.25, 0.3) is 0 Å². The molecule has 2 rings (SSSR count). The van der Waals surface area contributed by atoms with Crippen LogP contribution in [0.4, 0.5) is 0 Å². The molecule has 0 bridgehead atoms. The minimum Gasteiger partial charge on any atom is -0.486 e. The van der Waals surface area contributed by atoms with Crippen LogP contribution in [0, 0.1) is 5.92 Å². The molecule has 1 heterocycles. The van der Waals surface area contributed by atoms with Gasteiger partial charge in [0.2, 0.25) is 0 Å². The first-order valence-corrected chi connectivity index (χ1v) is 5.98. The molecule has 0 saturated carbocycles. The standard InChI is InChI=1S/C15H18O2/c1-3-4-12(2)5-6-13-7-8-14-15(11-13)17-10-9-16-14/h3,5-8,11-12H,1,4,9-10H2,2H3/b6-5+/t12-/m1/s1. The van der Waals surface area contributed by atoms with Crippen molar-refractivity contribution in [1.82, 2.24) is 0 Å². The average Bonchev–Trinajstić information content (AvgIpc) is 2.36. The Bertz CT molecular complexity index is 421. The summed E-state index contributed by atoms with van der Waals surface area (Å²) in [6.45, 7) is 7.19. The van der Waals surface area contributed by atoms with E-state index in [-0.39, 0.29) is 0 Å². The van der Waals surface area contributed by atoms with Gasteiger partial charge in [-0.05, 0) is 30.0 Å². The second kappa shape index (κ2) is 5.58. The highest BCUT2D eigenvalue weighted by atomic mass is 16.6. The molecule has 1 aliphatic rings. The first-order valence-electron chi connectivity index (χ1n) is 5.98. The number of allylic oxidation sites excluding steroid dienone is 2. The van der Waals surface area contributed by atoms with E-state index in [1.54, 1.807) is 0 Å². The summed E-state index contributed by atoms with van der Waals surface area (Å²) in [5, 5.41) is 0. The van der Waals surface area contributed by atoms with Gasteiger partial charge in [0.15, 0.2) is 11.5 Å². The van der Waals surface area contributed by atoms with E-state index in [0.717, 1.165) is 23.5 Å². The molecule has 1 aromatic rings. The van der Waals surface area contributed by atoms with E-state index in [9.17, 15) is 0 Å². The molecule has 0 aromatic heterocycles. The van der Waals surface area contributed by atoms with Gasteiger partial charge in [-0.2, -0.15) is 0 Å². The molecule has 0 unspecified atom stereocenters. The number of benzene rings is 1. The number of fused-ring (bicyclic) bond motifs is 1. The van der Waals surface area contributed by atoms with Crippen molar-refractivity contribution in [1.29, 1.82) is 0 Å². The molecule has 1 aromatic carbocycles. The number of ether oxygens (including phenoxy) is 2. The number of hydrogen-bond acceptors (Lipinski definition) is 2. The highest BCUT2D eigenvalue weighted by molar-refractivity contribution is 5.56. The lowest BCUT2D eigenvalue weighted by molar-refractivity contribution is 0.171. The van der Waals surface area contributed by atoms with Crippen LogP contribution in [-0.4, -0.2) is 13.2 Å². The molecular formula is C15H18O2. The second-order valence-corrected chi connectivity index (χ2v) is 4.26. The number of hydrogen-bond donors (Lipinski definition) is 0. The maximum absolute atomic E-state index is 5.54. The van der Waals surface area contributed by atoms with Gasteiger partial charge < -0.3 is 9.47 Å². The van der Waals surface area contributed by atoms with Crippen LogP contribution in [0.5, 0.6) is 11.5 Å². The fraction of sp³-hybridized carbons (Fsp3) is 0.333. The molecule has 0 fully saturated rings. The zero-order valence-corrected chi connectivity index (χ0v) is 10.2. The zero-order chi connectivity index (χ0) is 12.1. The molecule has 0 saturated heterocycles. The molecule has 0 spiro atoms. The summed E-state index contributed by atoms with van der Waals surface area (Å²) in [6, 6.07) is 6.03. The topological polar surface area (TPSA) is 18.5 Å². The first-order chi connectivity index (χ1) is 8.29. The van der Waals surface area contributed by atoms with E-state index in [0.29, 0.717) is 19.1 Å². The SMILES string of the molecule is C=CC[C@@H](C)/C=C/c1ccc2c(c1)OCCO2. The summed E-state index contributed by atoms with van der Waals surface area (Å²) in [4.78, 5) is 0. The molecule has 0 amide bonds. The Balaban J connectivity index is 2.09. The zero-order valence-electron chi connectivity index (χ0n) is 10.2. The van der Waals surface area contributed by atoms with Crippen molar-refractivity contribution < 1.29 is 9.47 Å². The Hall–Kier alpha value is -1.70. The summed E-state index contributed by atoms with van der Waals surface area (Å²) in [7, 11) is 0. The third-order valence-electron chi connectivity index (χ3n) is 2.72. The van der Waals surface area contributed by atoms with Crippen molar-refractivity contribution in [3.63, 3.8) is 0 Å². The van der Waals surface area contributed by atoms with Crippen molar-refractivity contribution in [3.05, 3.63) is 42.5 Å². The summed E-state index contributed by atoms with van der Waals surface area (Å²) in [5.41, 5.74) is 1.14. The molecule has 90 valence electrons. The normalized spacial score (nSPS) is 15.8. The van der Waals surface area contributed by atoms with Crippen molar-refractivity contribution in [2.45, 2.75) is 13.3 Å². The molecule has 0 N–H and O–H groups in total. The van der Waals surface area contributed by atoms with Crippen molar-refractivity contribution in [3.8, 4) is 11.5 Å². The molecule has 2 nitrogen and oxygen atoms in total. The van der Waals surface area contributed by atoms with E-state index in [1.165, 1.54) is 0 Å². The van der Waals surface area contributed by atoms with Crippen LogP contribution >= 0.6 is 0 Å². The predicted molar refractivity (Wildman–Crippen MR) is 70.4 cm³/mol. The average molecular weight is 230 g/mol. The summed E-state index contributed by atoms with van der Waals surface area (Å²) in [5.74, 6) is 2.20. The largest absolute Gasteiger partial charge is 0.486 e. The highest BCUT2D eigenvalue weighted by Crippen LogP contribution is 2.31. The predicted octanol–water partition coefficient (Wildman–Crippen LogP) is 3.68. The van der Waals surface area contributed by atoms with E-state index in [2.05, 4.69) is 25.7 Å². The van der Waals surface area contributed by atoms with E-state index >= 15 is 0 Å².